The molecule has 2 heterocycles. The van der Waals surface area contributed by atoms with Gasteiger partial charge in [-0.15, -0.1) is 22.8 Å². The number of rotatable bonds is 0. The summed E-state index contributed by atoms with van der Waals surface area (Å²) in [6.07, 6.45) is 1.40. The highest BCUT2D eigenvalue weighted by Crippen LogP contribution is 2.63. The zero-order valence-electron chi connectivity index (χ0n) is 10.0. The Kier molecular flexibility index (Phi) is 4.03. The third-order valence-electron chi connectivity index (χ3n) is 4.07. The van der Waals surface area contributed by atoms with Crippen molar-refractivity contribution in [2.45, 2.75) is 31.9 Å². The molecule has 1 spiro atoms. The van der Waals surface area contributed by atoms with E-state index in [0.29, 0.717) is 6.00 Å². The van der Waals surface area contributed by atoms with Crippen LogP contribution in [0.3, 0.4) is 0 Å². The van der Waals surface area contributed by atoms with Crippen molar-refractivity contribution in [3.63, 3.8) is 0 Å². The summed E-state index contributed by atoms with van der Waals surface area (Å²) in [7, 11) is 2.24. The third-order valence-corrected chi connectivity index (χ3v) is 10.8. The predicted molar refractivity (Wildman–Crippen MR) is 76.9 cm³/mol. The van der Waals surface area contributed by atoms with Crippen LogP contribution in [0.2, 0.25) is 0 Å². The molecule has 2 aliphatic heterocycles. The van der Waals surface area contributed by atoms with Gasteiger partial charge in [-0.05, 0) is 24.9 Å². The van der Waals surface area contributed by atoms with Crippen molar-refractivity contribution in [2.24, 2.45) is 11.8 Å². The SMILES string of the molecule is B[C@@H]1O[C@@]2(CCSP(C)SC2)[C@H](C)C1C. The first-order valence-corrected chi connectivity index (χ1v) is 10.7. The van der Waals surface area contributed by atoms with E-state index in [-0.39, 0.29) is 11.9 Å². The zero-order chi connectivity index (χ0) is 11.1. The minimum atomic E-state index is 0.145. The minimum absolute atomic E-state index is 0.145. The number of ether oxygens (including phenoxy) is 1. The Balaban J connectivity index is 2.12. The average Bonchev–Trinajstić information content (AvgIpc) is 2.39. The van der Waals surface area contributed by atoms with Gasteiger partial charge < -0.3 is 4.74 Å². The molecule has 2 saturated heterocycles. The quantitative estimate of drug-likeness (QED) is 0.491. The Labute approximate surface area is 104 Å². The van der Waals surface area contributed by atoms with E-state index in [1.807, 2.05) is 0 Å². The lowest BCUT2D eigenvalue weighted by molar-refractivity contribution is -0.0134. The number of hydrogen-bond acceptors (Lipinski definition) is 3. The van der Waals surface area contributed by atoms with Gasteiger partial charge in [-0.1, -0.05) is 13.8 Å². The highest BCUT2D eigenvalue weighted by atomic mass is 33.1. The molecule has 0 amide bonds. The van der Waals surface area contributed by atoms with Crippen LogP contribution in [0, 0.1) is 11.8 Å². The van der Waals surface area contributed by atoms with Crippen LogP contribution in [0.4, 0.5) is 0 Å². The molecule has 5 heteroatoms. The van der Waals surface area contributed by atoms with Gasteiger partial charge in [0.2, 0.25) is 0 Å². The Morgan fingerprint density at radius 2 is 2.13 bits per heavy atom. The topological polar surface area (TPSA) is 9.23 Å². The average molecular weight is 262 g/mol. The van der Waals surface area contributed by atoms with E-state index >= 15 is 0 Å². The molecule has 5 atom stereocenters. The molecule has 0 aliphatic carbocycles. The lowest BCUT2D eigenvalue weighted by atomic mass is 9.77. The molecule has 1 nitrogen and oxygen atoms in total. The maximum atomic E-state index is 6.32. The summed E-state index contributed by atoms with van der Waals surface area (Å²) in [4.78, 5) is 0. The normalized spacial score (nSPS) is 51.9. The summed E-state index contributed by atoms with van der Waals surface area (Å²) in [6, 6.07) is 0.451. The van der Waals surface area contributed by atoms with Gasteiger partial charge in [0.1, 0.15) is 7.85 Å². The lowest BCUT2D eigenvalue weighted by Gasteiger charge is -2.32. The van der Waals surface area contributed by atoms with Crippen molar-refractivity contribution in [2.75, 3.05) is 18.2 Å². The van der Waals surface area contributed by atoms with E-state index in [2.05, 4.69) is 51.1 Å². The maximum absolute atomic E-state index is 6.32. The van der Waals surface area contributed by atoms with Crippen molar-refractivity contribution < 1.29 is 4.74 Å². The van der Waals surface area contributed by atoms with E-state index in [1.54, 1.807) is 0 Å². The van der Waals surface area contributed by atoms with Gasteiger partial charge in [0.15, 0.2) is 0 Å². The molecule has 86 valence electrons. The second-order valence-corrected chi connectivity index (χ2v) is 12.5. The molecular weight excluding hydrogens is 242 g/mol. The van der Waals surface area contributed by atoms with Crippen molar-refractivity contribution in [3.8, 4) is 0 Å². The fraction of sp³-hybridized carbons (Fsp3) is 1.00. The molecular formula is C10H20BOPS2. The number of hydrogen-bond donors (Lipinski definition) is 0. The van der Waals surface area contributed by atoms with Crippen LogP contribution < -0.4 is 0 Å². The van der Waals surface area contributed by atoms with Crippen LogP contribution >= 0.6 is 29.1 Å². The molecule has 2 fully saturated rings. The Hall–Kier alpha value is 1.15. The van der Waals surface area contributed by atoms with Crippen molar-refractivity contribution in [1.82, 2.24) is 0 Å². The van der Waals surface area contributed by atoms with Crippen LogP contribution in [0.15, 0.2) is 0 Å². The van der Waals surface area contributed by atoms with Crippen molar-refractivity contribution in [3.05, 3.63) is 0 Å². The van der Waals surface area contributed by atoms with Gasteiger partial charge in [0, 0.05) is 23.8 Å². The van der Waals surface area contributed by atoms with E-state index in [4.69, 9.17) is 4.74 Å². The molecule has 0 radical (unpaired) electrons. The van der Waals surface area contributed by atoms with E-state index in [1.165, 1.54) is 17.9 Å². The fourth-order valence-corrected chi connectivity index (χ4v) is 8.51. The maximum Gasteiger partial charge on any atom is 0.139 e. The highest BCUT2D eigenvalue weighted by molar-refractivity contribution is 8.88. The lowest BCUT2D eigenvalue weighted by Crippen LogP contribution is -2.38. The summed E-state index contributed by atoms with van der Waals surface area (Å²) >= 11 is 4.30. The highest BCUT2D eigenvalue weighted by Gasteiger charge is 2.49. The summed E-state index contributed by atoms with van der Waals surface area (Å²) in [5.74, 6) is 3.95. The van der Waals surface area contributed by atoms with Crippen molar-refractivity contribution in [1.29, 1.82) is 0 Å². The molecule has 0 aromatic carbocycles. The van der Waals surface area contributed by atoms with Crippen LogP contribution in [-0.4, -0.2) is 37.6 Å². The minimum Gasteiger partial charge on any atom is -0.379 e. The molecule has 2 rings (SSSR count). The Bertz CT molecular complexity index is 243. The first kappa shape index (κ1) is 12.6. The second-order valence-electron chi connectivity index (χ2n) is 4.83. The molecule has 0 N–H and O–H groups in total. The van der Waals surface area contributed by atoms with Gasteiger partial charge in [0.25, 0.3) is 0 Å². The monoisotopic (exact) mass is 262 g/mol. The van der Waals surface area contributed by atoms with E-state index in [9.17, 15) is 0 Å². The van der Waals surface area contributed by atoms with Gasteiger partial charge in [-0.2, -0.15) is 0 Å². The summed E-state index contributed by atoms with van der Waals surface area (Å²) in [6.45, 7) is 7.13. The summed E-state index contributed by atoms with van der Waals surface area (Å²) in [5.41, 5.74) is 0.198. The fourth-order valence-electron chi connectivity index (χ4n) is 2.58. The summed E-state index contributed by atoms with van der Waals surface area (Å²) in [5, 5.41) is 0. The summed E-state index contributed by atoms with van der Waals surface area (Å²) < 4.78 is 6.32. The predicted octanol–water partition coefficient (Wildman–Crippen LogP) is 2.80. The van der Waals surface area contributed by atoms with Crippen LogP contribution in [0.25, 0.3) is 0 Å². The molecule has 0 aromatic heterocycles. The molecule has 0 aromatic rings. The molecule has 0 saturated carbocycles. The van der Waals surface area contributed by atoms with Crippen molar-refractivity contribution >= 4 is 36.9 Å². The molecule has 2 unspecified atom stereocenters. The third kappa shape index (κ3) is 2.39. The van der Waals surface area contributed by atoms with E-state index in [0.717, 1.165) is 11.8 Å². The molecule has 15 heavy (non-hydrogen) atoms. The van der Waals surface area contributed by atoms with Gasteiger partial charge in [0.05, 0.1) is 5.60 Å². The zero-order valence-corrected chi connectivity index (χ0v) is 12.6. The smallest absolute Gasteiger partial charge is 0.139 e. The van der Waals surface area contributed by atoms with Gasteiger partial charge >= 0.3 is 0 Å². The first-order valence-electron chi connectivity index (χ1n) is 5.72. The Morgan fingerprint density at radius 1 is 1.40 bits per heavy atom. The Morgan fingerprint density at radius 3 is 2.73 bits per heavy atom. The molecule has 2 aliphatic rings. The largest absolute Gasteiger partial charge is 0.379 e. The standard InChI is InChI=1S/C10H20BOPS2/c1-7-8(2)10(12-9(7)11)4-5-14-13(3)15-6-10/h7-9H,4-6,11H2,1-3H3/t7?,8-,9-,10-,13?/m1/s1. The van der Waals surface area contributed by atoms with E-state index < -0.39 is 0 Å². The van der Waals surface area contributed by atoms with Gasteiger partial charge in [-0.3, -0.25) is 0 Å². The van der Waals surface area contributed by atoms with Crippen LogP contribution in [0.1, 0.15) is 20.3 Å². The van der Waals surface area contributed by atoms with Crippen LogP contribution in [0.5, 0.6) is 0 Å². The second kappa shape index (κ2) is 4.80. The first-order chi connectivity index (χ1) is 7.05. The van der Waals surface area contributed by atoms with Crippen LogP contribution in [-0.2, 0) is 4.74 Å². The van der Waals surface area contributed by atoms with Gasteiger partial charge in [-0.25, -0.2) is 0 Å². The molecule has 0 bridgehead atoms.